The van der Waals surface area contributed by atoms with Crippen LogP contribution in [0.2, 0.25) is 0 Å². The third-order valence-electron chi connectivity index (χ3n) is 2.90. The summed E-state index contributed by atoms with van der Waals surface area (Å²) in [5, 5.41) is 3.13. The van der Waals surface area contributed by atoms with Gasteiger partial charge in [-0.05, 0) is 18.3 Å². The van der Waals surface area contributed by atoms with Crippen molar-refractivity contribution in [2.75, 3.05) is 27.2 Å². The van der Waals surface area contributed by atoms with Gasteiger partial charge in [0, 0.05) is 27.2 Å². The molecule has 0 aromatic heterocycles. The highest BCUT2D eigenvalue weighted by atomic mass is 15.3. The van der Waals surface area contributed by atoms with Crippen molar-refractivity contribution in [3.8, 4) is 0 Å². The average molecular weight is 183 g/mol. The number of likely N-dealkylation sites (tertiary alicyclic amines) is 1. The Kier molecular flexibility index (Phi) is 3.58. The van der Waals surface area contributed by atoms with Gasteiger partial charge in [0.1, 0.15) is 0 Å². The molecule has 1 aliphatic heterocycles. The first-order chi connectivity index (χ1) is 6.19. The molecule has 1 rings (SSSR count). The normalized spacial score (nSPS) is 24.2. The van der Waals surface area contributed by atoms with Gasteiger partial charge in [0.05, 0.1) is 0 Å². The number of hydrogen-bond acceptors (Lipinski definition) is 1. The second-order valence-corrected chi connectivity index (χ2v) is 4.04. The van der Waals surface area contributed by atoms with Crippen LogP contribution in [0, 0.1) is 11.8 Å². The Balaban J connectivity index is 2.49. The number of rotatable bonds is 1. The first-order valence-corrected chi connectivity index (χ1v) is 5.08. The summed E-state index contributed by atoms with van der Waals surface area (Å²) in [6.07, 6.45) is 1.30. The lowest BCUT2D eigenvalue weighted by Crippen LogP contribution is -2.38. The van der Waals surface area contributed by atoms with E-state index in [1.165, 1.54) is 6.42 Å². The van der Waals surface area contributed by atoms with Crippen molar-refractivity contribution in [2.45, 2.75) is 20.3 Å². The van der Waals surface area contributed by atoms with Gasteiger partial charge < -0.3 is 10.2 Å². The maximum atomic E-state index is 4.21. The van der Waals surface area contributed by atoms with E-state index in [0.717, 1.165) is 30.9 Å². The molecule has 0 bridgehead atoms. The minimum atomic E-state index is 0.792. The van der Waals surface area contributed by atoms with E-state index in [2.05, 4.69) is 29.1 Å². The van der Waals surface area contributed by atoms with E-state index in [-0.39, 0.29) is 0 Å². The molecule has 76 valence electrons. The Morgan fingerprint density at radius 1 is 1.54 bits per heavy atom. The Bertz CT molecular complexity index is 187. The standard InChI is InChI=1S/C10H21N3/c1-8(2)9-5-6-13(7-9)10(11-3)12-4/h8-9H,5-7H2,1-4H3,(H,11,12). The van der Waals surface area contributed by atoms with Gasteiger partial charge in [-0.15, -0.1) is 0 Å². The molecular weight excluding hydrogens is 162 g/mol. The van der Waals surface area contributed by atoms with Crippen molar-refractivity contribution < 1.29 is 0 Å². The summed E-state index contributed by atoms with van der Waals surface area (Å²) in [4.78, 5) is 6.55. The number of nitrogens with zero attached hydrogens (tertiary/aromatic N) is 2. The fraction of sp³-hybridized carbons (Fsp3) is 0.900. The molecule has 0 aromatic rings. The fourth-order valence-corrected chi connectivity index (χ4v) is 1.94. The molecule has 0 aromatic carbocycles. The van der Waals surface area contributed by atoms with Gasteiger partial charge in [-0.3, -0.25) is 4.99 Å². The molecule has 1 aliphatic rings. The van der Waals surface area contributed by atoms with E-state index in [1.807, 2.05) is 14.1 Å². The topological polar surface area (TPSA) is 27.6 Å². The lowest BCUT2D eigenvalue weighted by atomic mass is 9.95. The van der Waals surface area contributed by atoms with Crippen LogP contribution in [0.4, 0.5) is 0 Å². The number of guanidine groups is 1. The van der Waals surface area contributed by atoms with E-state index in [1.54, 1.807) is 0 Å². The summed E-state index contributed by atoms with van der Waals surface area (Å²) in [5.74, 6) is 2.66. The van der Waals surface area contributed by atoms with Crippen LogP contribution in [0.15, 0.2) is 4.99 Å². The van der Waals surface area contributed by atoms with Gasteiger partial charge >= 0.3 is 0 Å². The van der Waals surface area contributed by atoms with Crippen LogP contribution < -0.4 is 5.32 Å². The van der Waals surface area contributed by atoms with Crippen LogP contribution >= 0.6 is 0 Å². The quantitative estimate of drug-likeness (QED) is 0.488. The zero-order valence-corrected chi connectivity index (χ0v) is 9.17. The molecule has 1 fully saturated rings. The van der Waals surface area contributed by atoms with Crippen molar-refractivity contribution in [1.29, 1.82) is 0 Å². The molecule has 1 atom stereocenters. The highest BCUT2D eigenvalue weighted by molar-refractivity contribution is 5.79. The third-order valence-corrected chi connectivity index (χ3v) is 2.90. The Morgan fingerprint density at radius 2 is 2.23 bits per heavy atom. The Labute approximate surface area is 81.2 Å². The second kappa shape index (κ2) is 4.49. The average Bonchev–Trinajstić information content (AvgIpc) is 2.56. The first-order valence-electron chi connectivity index (χ1n) is 5.08. The van der Waals surface area contributed by atoms with Gasteiger partial charge in [0.15, 0.2) is 5.96 Å². The van der Waals surface area contributed by atoms with Crippen molar-refractivity contribution in [1.82, 2.24) is 10.2 Å². The fourth-order valence-electron chi connectivity index (χ4n) is 1.94. The largest absolute Gasteiger partial charge is 0.359 e. The van der Waals surface area contributed by atoms with Crippen molar-refractivity contribution >= 4 is 5.96 Å². The molecule has 1 unspecified atom stereocenters. The molecule has 1 saturated heterocycles. The maximum Gasteiger partial charge on any atom is 0.193 e. The molecule has 13 heavy (non-hydrogen) atoms. The first kappa shape index (κ1) is 10.4. The molecule has 0 spiro atoms. The van der Waals surface area contributed by atoms with E-state index in [0.29, 0.717) is 0 Å². The predicted octanol–water partition coefficient (Wildman–Crippen LogP) is 1.17. The summed E-state index contributed by atoms with van der Waals surface area (Å²) in [6, 6.07) is 0. The molecular formula is C10H21N3. The van der Waals surface area contributed by atoms with Gasteiger partial charge in [0.25, 0.3) is 0 Å². The molecule has 0 radical (unpaired) electrons. The predicted molar refractivity (Wildman–Crippen MR) is 56.9 cm³/mol. The Hall–Kier alpha value is -0.730. The summed E-state index contributed by atoms with van der Waals surface area (Å²) >= 11 is 0. The number of aliphatic imine (C=N–C) groups is 1. The van der Waals surface area contributed by atoms with Crippen molar-refractivity contribution in [3.63, 3.8) is 0 Å². The van der Waals surface area contributed by atoms with Crippen LogP contribution in [0.5, 0.6) is 0 Å². The van der Waals surface area contributed by atoms with E-state index in [9.17, 15) is 0 Å². The molecule has 0 amide bonds. The highest BCUT2D eigenvalue weighted by Gasteiger charge is 2.26. The number of nitrogens with one attached hydrogen (secondary N) is 1. The summed E-state index contributed by atoms with van der Waals surface area (Å²) in [7, 11) is 3.78. The van der Waals surface area contributed by atoms with Crippen molar-refractivity contribution in [3.05, 3.63) is 0 Å². The monoisotopic (exact) mass is 183 g/mol. The van der Waals surface area contributed by atoms with E-state index in [4.69, 9.17) is 0 Å². The molecule has 0 saturated carbocycles. The van der Waals surface area contributed by atoms with Gasteiger partial charge in [-0.2, -0.15) is 0 Å². The van der Waals surface area contributed by atoms with Gasteiger partial charge in [-0.25, -0.2) is 0 Å². The summed E-state index contributed by atoms with van der Waals surface area (Å²) < 4.78 is 0. The molecule has 1 N–H and O–H groups in total. The smallest absolute Gasteiger partial charge is 0.193 e. The highest BCUT2D eigenvalue weighted by Crippen LogP contribution is 2.23. The van der Waals surface area contributed by atoms with Crippen LogP contribution in [-0.2, 0) is 0 Å². The lowest BCUT2D eigenvalue weighted by Gasteiger charge is -2.20. The van der Waals surface area contributed by atoms with Crippen LogP contribution in [-0.4, -0.2) is 38.0 Å². The third kappa shape index (κ3) is 2.36. The van der Waals surface area contributed by atoms with E-state index < -0.39 is 0 Å². The zero-order chi connectivity index (χ0) is 9.84. The van der Waals surface area contributed by atoms with E-state index >= 15 is 0 Å². The summed E-state index contributed by atoms with van der Waals surface area (Å²) in [6.45, 7) is 6.91. The van der Waals surface area contributed by atoms with Crippen LogP contribution in [0.25, 0.3) is 0 Å². The van der Waals surface area contributed by atoms with Crippen molar-refractivity contribution in [2.24, 2.45) is 16.8 Å². The number of hydrogen-bond donors (Lipinski definition) is 1. The van der Waals surface area contributed by atoms with Gasteiger partial charge in [0.2, 0.25) is 0 Å². The van der Waals surface area contributed by atoms with Crippen LogP contribution in [0.1, 0.15) is 20.3 Å². The minimum absolute atomic E-state index is 0.792. The zero-order valence-electron chi connectivity index (χ0n) is 9.17. The Morgan fingerprint density at radius 3 is 2.62 bits per heavy atom. The second-order valence-electron chi connectivity index (χ2n) is 4.04. The lowest BCUT2D eigenvalue weighted by molar-refractivity contribution is 0.385. The maximum absolute atomic E-state index is 4.21. The minimum Gasteiger partial charge on any atom is -0.359 e. The molecule has 1 heterocycles. The van der Waals surface area contributed by atoms with Crippen LogP contribution in [0.3, 0.4) is 0 Å². The SMILES string of the molecule is CN=C(NC)N1CCC(C(C)C)C1. The van der Waals surface area contributed by atoms with Gasteiger partial charge in [-0.1, -0.05) is 13.8 Å². The molecule has 3 nitrogen and oxygen atoms in total. The molecule has 0 aliphatic carbocycles. The summed E-state index contributed by atoms with van der Waals surface area (Å²) in [5.41, 5.74) is 0. The molecule has 3 heteroatoms.